The number of carbonyl (C=O) groups excluding carboxylic acids is 2. The second-order valence-corrected chi connectivity index (χ2v) is 7.16. The van der Waals surface area contributed by atoms with Crippen LogP contribution in [0.2, 0.25) is 0 Å². The number of non-ortho nitro benzene ring substituents is 1. The molecule has 1 aliphatic heterocycles. The molecule has 30 heavy (non-hydrogen) atoms. The summed E-state index contributed by atoms with van der Waals surface area (Å²) in [5.41, 5.74) is 1.49. The third-order valence-corrected chi connectivity index (χ3v) is 5.02. The summed E-state index contributed by atoms with van der Waals surface area (Å²) in [6.07, 6.45) is 0.0395. The van der Waals surface area contributed by atoms with E-state index in [1.165, 1.54) is 19.2 Å². The van der Waals surface area contributed by atoms with Gasteiger partial charge in [0, 0.05) is 43.9 Å². The number of nitrogens with zero attached hydrogens (tertiary/aromatic N) is 3. The molecule has 0 unspecified atom stereocenters. The van der Waals surface area contributed by atoms with Gasteiger partial charge in [-0.3, -0.25) is 19.7 Å². The minimum absolute atomic E-state index is 0.0315. The van der Waals surface area contributed by atoms with Gasteiger partial charge in [-0.2, -0.15) is 0 Å². The van der Waals surface area contributed by atoms with Crippen molar-refractivity contribution in [3.63, 3.8) is 0 Å². The molecule has 1 fully saturated rings. The van der Waals surface area contributed by atoms with Crippen molar-refractivity contribution in [2.24, 2.45) is 0 Å². The van der Waals surface area contributed by atoms with Gasteiger partial charge in [0.1, 0.15) is 5.75 Å². The average molecular weight is 412 g/mol. The third-order valence-electron chi connectivity index (χ3n) is 5.02. The number of hydrogen-bond donors (Lipinski definition) is 1. The van der Waals surface area contributed by atoms with Crippen LogP contribution in [-0.2, 0) is 11.2 Å². The van der Waals surface area contributed by atoms with Crippen molar-refractivity contribution in [2.45, 2.75) is 6.42 Å². The smallest absolute Gasteiger partial charge is 0.269 e. The fraction of sp³-hybridized carbons (Fsp3) is 0.333. The molecule has 1 saturated heterocycles. The number of rotatable bonds is 6. The van der Waals surface area contributed by atoms with E-state index in [-0.39, 0.29) is 23.9 Å². The molecule has 3 rings (SSSR count). The summed E-state index contributed by atoms with van der Waals surface area (Å²) in [7, 11) is 3.51. The zero-order valence-corrected chi connectivity index (χ0v) is 17.0. The van der Waals surface area contributed by atoms with Crippen molar-refractivity contribution in [3.8, 4) is 5.75 Å². The van der Waals surface area contributed by atoms with Crippen LogP contribution in [0.3, 0.4) is 0 Å². The van der Waals surface area contributed by atoms with Gasteiger partial charge in [-0.25, -0.2) is 0 Å². The largest absolute Gasteiger partial charge is 0.495 e. The number of anilines is 1. The summed E-state index contributed by atoms with van der Waals surface area (Å²) in [5.74, 6) is 0.0462. The van der Waals surface area contributed by atoms with Crippen molar-refractivity contribution in [1.29, 1.82) is 0 Å². The molecule has 0 atom stereocenters. The summed E-state index contributed by atoms with van der Waals surface area (Å²) in [6, 6.07) is 10.8. The minimum atomic E-state index is -0.488. The van der Waals surface area contributed by atoms with Crippen LogP contribution in [0.4, 0.5) is 11.4 Å². The Hall–Kier alpha value is -3.46. The first-order chi connectivity index (χ1) is 14.4. The molecular formula is C21H24N4O5. The number of nitro groups is 1. The molecule has 9 nitrogen and oxygen atoms in total. The van der Waals surface area contributed by atoms with E-state index in [1.807, 2.05) is 7.05 Å². The van der Waals surface area contributed by atoms with Crippen molar-refractivity contribution in [2.75, 3.05) is 45.7 Å². The third kappa shape index (κ3) is 5.12. The maximum atomic E-state index is 12.8. The quantitative estimate of drug-likeness (QED) is 0.576. The van der Waals surface area contributed by atoms with Gasteiger partial charge in [0.15, 0.2) is 0 Å². The first kappa shape index (κ1) is 21.3. The predicted octanol–water partition coefficient (Wildman–Crippen LogP) is 2.17. The topological polar surface area (TPSA) is 105 Å². The van der Waals surface area contributed by atoms with Crippen LogP contribution < -0.4 is 10.1 Å². The highest BCUT2D eigenvalue weighted by Crippen LogP contribution is 2.26. The van der Waals surface area contributed by atoms with E-state index in [4.69, 9.17) is 4.74 Å². The van der Waals surface area contributed by atoms with Gasteiger partial charge in [0.05, 0.1) is 24.1 Å². The number of methoxy groups -OCH3 is 1. The van der Waals surface area contributed by atoms with Crippen molar-refractivity contribution >= 4 is 23.2 Å². The number of piperazine rings is 1. The number of ether oxygens (including phenoxy) is 1. The maximum absolute atomic E-state index is 12.8. The maximum Gasteiger partial charge on any atom is 0.269 e. The molecule has 158 valence electrons. The Morgan fingerprint density at radius 1 is 1.10 bits per heavy atom. The first-order valence-corrected chi connectivity index (χ1v) is 9.56. The van der Waals surface area contributed by atoms with E-state index in [2.05, 4.69) is 10.2 Å². The van der Waals surface area contributed by atoms with Crippen molar-refractivity contribution < 1.29 is 19.2 Å². The number of nitrogens with one attached hydrogen (secondary N) is 1. The molecular weight excluding hydrogens is 388 g/mol. The molecule has 0 bridgehead atoms. The molecule has 0 spiro atoms. The summed E-state index contributed by atoms with van der Waals surface area (Å²) in [6.45, 7) is 2.95. The van der Waals surface area contributed by atoms with Gasteiger partial charge >= 0.3 is 0 Å². The van der Waals surface area contributed by atoms with E-state index in [1.54, 1.807) is 35.2 Å². The van der Waals surface area contributed by atoms with Gasteiger partial charge in [0.25, 0.3) is 11.6 Å². The fourth-order valence-corrected chi connectivity index (χ4v) is 3.25. The molecule has 0 aromatic heterocycles. The number of likely N-dealkylation sites (N-methyl/N-ethyl adjacent to an activating group) is 1. The van der Waals surface area contributed by atoms with Crippen LogP contribution in [0.5, 0.6) is 5.75 Å². The van der Waals surface area contributed by atoms with E-state index < -0.39 is 4.92 Å². The Morgan fingerprint density at radius 3 is 2.37 bits per heavy atom. The summed E-state index contributed by atoms with van der Waals surface area (Å²) in [5, 5.41) is 13.5. The monoisotopic (exact) mass is 412 g/mol. The van der Waals surface area contributed by atoms with Gasteiger partial charge in [-0.05, 0) is 30.8 Å². The van der Waals surface area contributed by atoms with Crippen LogP contribution in [-0.4, -0.2) is 66.9 Å². The van der Waals surface area contributed by atoms with Crippen LogP contribution in [0.1, 0.15) is 15.9 Å². The molecule has 2 aromatic rings. The lowest BCUT2D eigenvalue weighted by atomic mass is 10.1. The SMILES string of the molecule is COc1ccc(C(=O)N2CCN(C)CC2)cc1NC(=O)Cc1ccc([N+](=O)[O-])cc1. The zero-order valence-electron chi connectivity index (χ0n) is 17.0. The number of amides is 2. The van der Waals surface area contributed by atoms with E-state index in [0.717, 1.165) is 13.1 Å². The second kappa shape index (κ2) is 9.36. The zero-order chi connectivity index (χ0) is 21.7. The first-order valence-electron chi connectivity index (χ1n) is 9.56. The number of nitro benzene ring substituents is 1. The van der Waals surface area contributed by atoms with E-state index >= 15 is 0 Å². The summed E-state index contributed by atoms with van der Waals surface area (Å²) < 4.78 is 5.31. The molecule has 0 radical (unpaired) electrons. The van der Waals surface area contributed by atoms with Gasteiger partial charge in [-0.1, -0.05) is 12.1 Å². The highest BCUT2D eigenvalue weighted by atomic mass is 16.6. The summed E-state index contributed by atoms with van der Waals surface area (Å²) >= 11 is 0. The predicted molar refractivity (Wildman–Crippen MR) is 112 cm³/mol. The molecule has 0 saturated carbocycles. The Balaban J connectivity index is 1.71. The molecule has 1 heterocycles. The molecule has 0 aliphatic carbocycles. The second-order valence-electron chi connectivity index (χ2n) is 7.16. The standard InChI is InChI=1S/C21H24N4O5/c1-23-9-11-24(12-10-23)21(27)16-5-8-19(30-2)18(14-16)22-20(26)13-15-3-6-17(7-4-15)25(28)29/h3-8,14H,9-13H2,1-2H3,(H,22,26). The Bertz CT molecular complexity index is 937. The molecule has 2 amide bonds. The molecule has 1 aliphatic rings. The van der Waals surface area contributed by atoms with Crippen LogP contribution >= 0.6 is 0 Å². The van der Waals surface area contributed by atoms with Crippen molar-refractivity contribution in [3.05, 3.63) is 63.7 Å². The lowest BCUT2D eigenvalue weighted by molar-refractivity contribution is -0.384. The normalized spacial score (nSPS) is 14.3. The Labute approximate surface area is 174 Å². The van der Waals surface area contributed by atoms with Crippen LogP contribution in [0.25, 0.3) is 0 Å². The lowest BCUT2D eigenvalue weighted by Crippen LogP contribution is -2.47. The minimum Gasteiger partial charge on any atom is -0.495 e. The Morgan fingerprint density at radius 2 is 1.77 bits per heavy atom. The van der Waals surface area contributed by atoms with E-state index in [9.17, 15) is 19.7 Å². The molecule has 2 aromatic carbocycles. The van der Waals surface area contributed by atoms with Crippen molar-refractivity contribution in [1.82, 2.24) is 9.80 Å². The number of benzene rings is 2. The van der Waals surface area contributed by atoms with E-state index in [0.29, 0.717) is 35.7 Å². The number of hydrogen-bond acceptors (Lipinski definition) is 6. The van der Waals surface area contributed by atoms with Gasteiger partial charge in [-0.15, -0.1) is 0 Å². The molecule has 9 heteroatoms. The van der Waals surface area contributed by atoms with Crippen LogP contribution in [0, 0.1) is 10.1 Å². The Kier molecular flexibility index (Phi) is 6.63. The van der Waals surface area contributed by atoms with Gasteiger partial charge < -0.3 is 19.9 Å². The average Bonchev–Trinajstić information content (AvgIpc) is 2.74. The van der Waals surface area contributed by atoms with Crippen LogP contribution in [0.15, 0.2) is 42.5 Å². The highest BCUT2D eigenvalue weighted by Gasteiger charge is 2.21. The highest BCUT2D eigenvalue weighted by molar-refractivity contribution is 5.99. The van der Waals surface area contributed by atoms with Gasteiger partial charge in [0.2, 0.25) is 5.91 Å². The summed E-state index contributed by atoms with van der Waals surface area (Å²) in [4.78, 5) is 39.5. The number of carbonyl (C=O) groups is 2. The lowest BCUT2D eigenvalue weighted by Gasteiger charge is -2.32. The molecule has 1 N–H and O–H groups in total. The fourth-order valence-electron chi connectivity index (χ4n) is 3.25.